The number of nitrogens with one attached hydrogen (secondary N) is 1. The van der Waals surface area contributed by atoms with Crippen LogP contribution >= 0.6 is 0 Å². The normalized spacial score (nSPS) is 16.6. The van der Waals surface area contributed by atoms with Crippen molar-refractivity contribution in [1.29, 1.82) is 5.26 Å². The molecule has 0 spiro atoms. The van der Waals surface area contributed by atoms with Crippen LogP contribution in [0.4, 0.5) is 5.69 Å². The quantitative estimate of drug-likeness (QED) is 0.256. The van der Waals surface area contributed by atoms with E-state index in [0.717, 1.165) is 58.4 Å². The highest BCUT2D eigenvalue weighted by Gasteiger charge is 2.33. The van der Waals surface area contributed by atoms with Crippen LogP contribution in [0.5, 0.6) is 0 Å². The van der Waals surface area contributed by atoms with Crippen LogP contribution in [0.3, 0.4) is 0 Å². The Morgan fingerprint density at radius 2 is 1.79 bits per heavy atom. The lowest BCUT2D eigenvalue weighted by Gasteiger charge is -2.29. The lowest BCUT2D eigenvalue weighted by atomic mass is 9.98. The molecule has 2 aliphatic rings. The zero-order chi connectivity index (χ0) is 33.2. The van der Waals surface area contributed by atoms with E-state index in [1.807, 2.05) is 66.2 Å². The summed E-state index contributed by atoms with van der Waals surface area (Å²) in [4.78, 5) is 37.3. The fourth-order valence-corrected chi connectivity index (χ4v) is 6.71. The topological polar surface area (TPSA) is 127 Å². The molecule has 2 amide bonds. The number of carbonyl (C=O) groups is 2. The van der Waals surface area contributed by atoms with Crippen LogP contribution in [0, 0.1) is 17.2 Å². The van der Waals surface area contributed by atoms with Crippen molar-refractivity contribution in [3.8, 4) is 28.7 Å². The molecular weight excluding hydrogens is 602 g/mol. The molecule has 7 rings (SSSR count). The fraction of sp³-hybridized carbons (Fsp3) is 0.297. The van der Waals surface area contributed by atoms with Crippen LogP contribution in [-0.2, 0) is 16.6 Å². The predicted molar refractivity (Wildman–Crippen MR) is 184 cm³/mol. The molecule has 242 valence electrons. The van der Waals surface area contributed by atoms with E-state index < -0.39 is 0 Å². The first-order chi connectivity index (χ1) is 23.4. The van der Waals surface area contributed by atoms with E-state index in [1.54, 1.807) is 23.1 Å². The molecule has 0 radical (unpaired) electrons. The van der Waals surface area contributed by atoms with Crippen molar-refractivity contribution in [3.05, 3.63) is 90.3 Å². The van der Waals surface area contributed by atoms with Crippen molar-refractivity contribution in [3.63, 3.8) is 0 Å². The first kappa shape index (κ1) is 31.0. The van der Waals surface area contributed by atoms with Crippen LogP contribution in [0.15, 0.2) is 79.1 Å². The molecular formula is C37H37N9O2. The number of carbonyl (C=O) groups excluding carboxylic acids is 2. The van der Waals surface area contributed by atoms with Crippen LogP contribution < -0.4 is 4.90 Å². The molecule has 1 atom stereocenters. The Bertz CT molecular complexity index is 2040. The van der Waals surface area contributed by atoms with Crippen molar-refractivity contribution in [2.24, 2.45) is 13.0 Å². The van der Waals surface area contributed by atoms with Gasteiger partial charge in [-0.15, -0.1) is 0 Å². The highest BCUT2D eigenvalue weighted by Crippen LogP contribution is 2.32. The maximum Gasteiger partial charge on any atom is 0.237 e. The van der Waals surface area contributed by atoms with Gasteiger partial charge in [0.15, 0.2) is 5.82 Å². The Hall–Kier alpha value is -5.60. The number of amides is 2. The number of H-pyrrole nitrogens is 1. The zero-order valence-corrected chi connectivity index (χ0v) is 27.1. The van der Waals surface area contributed by atoms with Gasteiger partial charge in [0.1, 0.15) is 6.33 Å². The molecule has 11 nitrogen and oxygen atoms in total. The Labute approximate surface area is 279 Å². The summed E-state index contributed by atoms with van der Waals surface area (Å²) in [6, 6.07) is 23.7. The number of nitrogens with zero attached hydrogens (tertiary/aromatic N) is 8. The number of benzene rings is 3. The van der Waals surface area contributed by atoms with Crippen molar-refractivity contribution in [2.45, 2.75) is 19.8 Å². The summed E-state index contributed by atoms with van der Waals surface area (Å²) >= 11 is 0. The van der Waals surface area contributed by atoms with E-state index in [-0.39, 0.29) is 17.7 Å². The molecule has 2 aliphatic heterocycles. The van der Waals surface area contributed by atoms with Gasteiger partial charge in [0.05, 0.1) is 35.3 Å². The number of fused-ring (bicyclic) bond motifs is 1. The van der Waals surface area contributed by atoms with Gasteiger partial charge < -0.3 is 9.80 Å². The minimum absolute atomic E-state index is 0.0746. The highest BCUT2D eigenvalue weighted by molar-refractivity contribution is 6.00. The summed E-state index contributed by atoms with van der Waals surface area (Å²) in [6.07, 6.45) is 5.36. The monoisotopic (exact) mass is 639 g/mol. The number of aryl methyl sites for hydroxylation is 1. The smallest absolute Gasteiger partial charge is 0.237 e. The summed E-state index contributed by atoms with van der Waals surface area (Å²) in [5, 5.41) is 22.0. The summed E-state index contributed by atoms with van der Waals surface area (Å²) in [7, 11) is 1.85. The first-order valence-electron chi connectivity index (χ1n) is 16.4. The molecule has 0 bridgehead atoms. The number of hydrogen-bond donors (Lipinski definition) is 1. The Morgan fingerprint density at radius 3 is 2.48 bits per heavy atom. The van der Waals surface area contributed by atoms with Gasteiger partial charge in [-0.3, -0.25) is 24.3 Å². The van der Waals surface area contributed by atoms with Gasteiger partial charge in [0.25, 0.3) is 0 Å². The number of nitriles is 1. The van der Waals surface area contributed by atoms with Gasteiger partial charge in [-0.25, -0.2) is 4.98 Å². The summed E-state index contributed by atoms with van der Waals surface area (Å²) in [6.45, 7) is 5.38. The second-order valence-electron chi connectivity index (χ2n) is 12.4. The molecule has 3 aromatic carbocycles. The SMILES string of the molecule is CCN(C(=O)[C@@H]1CCN(CC(=O)N2CC=C(c3ccc(-c4ncn(C)n4)cc3)CC2)C1)c1ccc2[nH]nc(-c3ccc(C#N)cc3)c2c1. The van der Waals surface area contributed by atoms with Crippen molar-refractivity contribution < 1.29 is 9.59 Å². The van der Waals surface area contributed by atoms with Crippen molar-refractivity contribution in [1.82, 2.24) is 34.8 Å². The molecule has 48 heavy (non-hydrogen) atoms. The predicted octanol–water partition coefficient (Wildman–Crippen LogP) is 4.89. The van der Waals surface area contributed by atoms with Crippen molar-refractivity contribution in [2.75, 3.05) is 44.2 Å². The largest absolute Gasteiger partial charge is 0.338 e. The Kier molecular flexibility index (Phi) is 8.57. The average Bonchev–Trinajstić information content (AvgIpc) is 3.89. The third kappa shape index (κ3) is 6.22. The molecule has 1 N–H and O–H groups in total. The Balaban J connectivity index is 0.957. The molecule has 0 unspecified atom stereocenters. The standard InChI is InChI=1S/C37H37N9O2/c1-3-46(31-12-13-33-32(20-31)35(41-40-33)28-6-4-25(21-38)5-7-28)37(48)30-14-17-44(22-30)23-34(47)45-18-15-27(16-19-45)26-8-10-29(11-9-26)36-39-24-43(2)42-36/h4-13,15,20,24,30H,3,14,16-19,22-23H2,1-2H3,(H,40,41)/t30-/m1/s1. The molecule has 1 saturated heterocycles. The second-order valence-corrected chi connectivity index (χ2v) is 12.4. The van der Waals surface area contributed by atoms with Crippen LogP contribution in [0.2, 0.25) is 0 Å². The van der Waals surface area contributed by atoms with Gasteiger partial charge in [-0.2, -0.15) is 15.5 Å². The molecule has 1 fully saturated rings. The zero-order valence-electron chi connectivity index (χ0n) is 27.1. The van der Waals surface area contributed by atoms with E-state index in [0.29, 0.717) is 44.1 Å². The molecule has 2 aromatic heterocycles. The molecule has 5 aromatic rings. The van der Waals surface area contributed by atoms with E-state index >= 15 is 0 Å². The van der Waals surface area contributed by atoms with Gasteiger partial charge in [-0.1, -0.05) is 42.5 Å². The number of rotatable bonds is 8. The van der Waals surface area contributed by atoms with Gasteiger partial charge in [-0.05, 0) is 67.8 Å². The van der Waals surface area contributed by atoms with Crippen LogP contribution in [0.25, 0.3) is 39.1 Å². The average molecular weight is 640 g/mol. The molecule has 0 aliphatic carbocycles. The molecule has 4 heterocycles. The van der Waals surface area contributed by atoms with Gasteiger partial charge >= 0.3 is 0 Å². The summed E-state index contributed by atoms with van der Waals surface area (Å²) in [5.74, 6) is 0.707. The second kappa shape index (κ2) is 13.3. The van der Waals surface area contributed by atoms with E-state index in [2.05, 4.69) is 49.5 Å². The minimum Gasteiger partial charge on any atom is -0.338 e. The van der Waals surface area contributed by atoms with Gasteiger partial charge in [0.2, 0.25) is 11.8 Å². The third-order valence-electron chi connectivity index (χ3n) is 9.38. The number of aromatic nitrogens is 5. The minimum atomic E-state index is -0.173. The third-order valence-corrected chi connectivity index (χ3v) is 9.38. The fourth-order valence-electron chi connectivity index (χ4n) is 6.71. The van der Waals surface area contributed by atoms with E-state index in [9.17, 15) is 9.59 Å². The number of likely N-dealkylation sites (tertiary alicyclic amines) is 1. The summed E-state index contributed by atoms with van der Waals surface area (Å²) in [5.41, 5.74) is 7.34. The number of aromatic amines is 1. The van der Waals surface area contributed by atoms with E-state index in [1.165, 1.54) is 5.57 Å². The van der Waals surface area contributed by atoms with Crippen LogP contribution in [-0.4, -0.2) is 85.8 Å². The van der Waals surface area contributed by atoms with Crippen LogP contribution in [0.1, 0.15) is 30.9 Å². The molecule has 0 saturated carbocycles. The number of anilines is 1. The van der Waals surface area contributed by atoms with Gasteiger partial charge in [0, 0.05) is 55.4 Å². The van der Waals surface area contributed by atoms with E-state index in [4.69, 9.17) is 5.26 Å². The first-order valence-corrected chi connectivity index (χ1v) is 16.4. The maximum absolute atomic E-state index is 13.8. The maximum atomic E-state index is 13.8. The number of hydrogen-bond acceptors (Lipinski definition) is 7. The van der Waals surface area contributed by atoms with Crippen molar-refractivity contribution >= 4 is 34.0 Å². The molecule has 11 heteroatoms. The Morgan fingerprint density at radius 1 is 1.02 bits per heavy atom. The lowest BCUT2D eigenvalue weighted by Crippen LogP contribution is -2.42. The lowest BCUT2D eigenvalue weighted by molar-refractivity contribution is -0.132. The summed E-state index contributed by atoms with van der Waals surface area (Å²) < 4.78 is 1.69. The highest BCUT2D eigenvalue weighted by atomic mass is 16.2.